The van der Waals surface area contributed by atoms with Crippen LogP contribution in [0.5, 0.6) is 0 Å². The number of H-pyrrole nitrogens is 1. The van der Waals surface area contributed by atoms with Crippen molar-refractivity contribution in [2.45, 2.75) is 19.1 Å². The minimum absolute atomic E-state index is 0.0324. The highest BCUT2D eigenvalue weighted by Crippen LogP contribution is 2.12. The molecule has 2 amide bonds. The third-order valence-corrected chi connectivity index (χ3v) is 5.49. The number of hydrogen-bond acceptors (Lipinski definition) is 8. The molecule has 4 N–H and O–H groups in total. The number of ether oxygens (including phenoxy) is 2. The highest BCUT2D eigenvalue weighted by molar-refractivity contribution is 5.98. The Bertz CT molecular complexity index is 1350. The van der Waals surface area contributed by atoms with E-state index >= 15 is 0 Å². The number of benzene rings is 2. The quantitative estimate of drug-likeness (QED) is 0.166. The Balaban J connectivity index is 1.30. The standard InChI is InChI=1S/C27H28N6O5/c34-25(20-10-11-22-21(15-20)16-31-33-22)30-17-23(32-27(36)38-18-19-7-2-1-3-8-19)26(35)37-14-6-13-29-24-9-4-5-12-28-24/h1-5,7-12,15-16,23H,6,13-14,17-18H2,(H,28,29)(H,30,34)(H,31,33)(H,32,36). The second kappa shape index (κ2) is 13.4. The van der Waals surface area contributed by atoms with E-state index in [0.717, 1.165) is 22.3 Å². The average Bonchev–Trinajstić information content (AvgIpc) is 3.43. The molecule has 0 fully saturated rings. The molecule has 2 aromatic carbocycles. The molecule has 0 aliphatic heterocycles. The van der Waals surface area contributed by atoms with Gasteiger partial charge < -0.3 is 25.4 Å². The Morgan fingerprint density at radius 3 is 2.63 bits per heavy atom. The largest absolute Gasteiger partial charge is 0.464 e. The van der Waals surface area contributed by atoms with Gasteiger partial charge in [-0.2, -0.15) is 5.10 Å². The molecule has 4 rings (SSSR count). The van der Waals surface area contributed by atoms with Crippen LogP contribution in [0.1, 0.15) is 22.3 Å². The van der Waals surface area contributed by atoms with Crippen LogP contribution in [-0.2, 0) is 20.9 Å². The number of carbonyl (C=O) groups excluding carboxylic acids is 3. The van der Waals surface area contributed by atoms with Gasteiger partial charge in [0.1, 0.15) is 18.5 Å². The number of fused-ring (bicyclic) bond motifs is 1. The van der Waals surface area contributed by atoms with Crippen molar-refractivity contribution in [3.8, 4) is 0 Å². The van der Waals surface area contributed by atoms with Gasteiger partial charge in [-0.3, -0.25) is 9.89 Å². The molecule has 0 aliphatic carbocycles. The number of carbonyl (C=O) groups is 3. The van der Waals surface area contributed by atoms with Crippen LogP contribution in [0.25, 0.3) is 10.9 Å². The lowest BCUT2D eigenvalue weighted by atomic mass is 10.1. The summed E-state index contributed by atoms with van der Waals surface area (Å²) in [6.07, 6.45) is 3.00. The molecule has 2 heterocycles. The molecule has 0 saturated heterocycles. The summed E-state index contributed by atoms with van der Waals surface area (Å²) in [5.74, 6) is -0.383. The number of nitrogens with zero attached hydrogens (tertiary/aromatic N) is 2. The first-order chi connectivity index (χ1) is 18.6. The summed E-state index contributed by atoms with van der Waals surface area (Å²) >= 11 is 0. The Labute approximate surface area is 218 Å². The maximum Gasteiger partial charge on any atom is 0.408 e. The minimum Gasteiger partial charge on any atom is -0.464 e. The molecule has 4 aromatic rings. The van der Waals surface area contributed by atoms with Crippen LogP contribution in [0.3, 0.4) is 0 Å². The zero-order chi connectivity index (χ0) is 26.6. The maximum absolute atomic E-state index is 12.8. The molecule has 2 aromatic heterocycles. The highest BCUT2D eigenvalue weighted by atomic mass is 16.6. The first kappa shape index (κ1) is 26.1. The van der Waals surface area contributed by atoms with Gasteiger partial charge in [0.25, 0.3) is 5.91 Å². The second-order valence-electron chi connectivity index (χ2n) is 8.30. The van der Waals surface area contributed by atoms with E-state index in [1.54, 1.807) is 30.6 Å². The number of anilines is 1. The summed E-state index contributed by atoms with van der Waals surface area (Å²) in [5, 5.41) is 15.8. The predicted molar refractivity (Wildman–Crippen MR) is 140 cm³/mol. The van der Waals surface area contributed by atoms with E-state index < -0.39 is 24.0 Å². The van der Waals surface area contributed by atoms with Gasteiger partial charge in [-0.1, -0.05) is 36.4 Å². The topological polar surface area (TPSA) is 147 Å². The van der Waals surface area contributed by atoms with Gasteiger partial charge in [0, 0.05) is 30.2 Å². The zero-order valence-corrected chi connectivity index (χ0v) is 20.6. The number of pyridine rings is 1. The molecule has 1 unspecified atom stereocenters. The number of rotatable bonds is 12. The van der Waals surface area contributed by atoms with Crippen molar-refractivity contribution in [3.05, 3.63) is 90.3 Å². The molecule has 1 atom stereocenters. The molecule has 196 valence electrons. The van der Waals surface area contributed by atoms with Crippen molar-refractivity contribution in [1.29, 1.82) is 0 Å². The molecule has 0 spiro atoms. The van der Waals surface area contributed by atoms with Crippen LogP contribution in [-0.4, -0.2) is 58.9 Å². The molecule has 0 bridgehead atoms. The van der Waals surface area contributed by atoms with Crippen molar-refractivity contribution in [2.24, 2.45) is 0 Å². The van der Waals surface area contributed by atoms with Crippen LogP contribution in [0, 0.1) is 0 Å². The monoisotopic (exact) mass is 516 g/mol. The summed E-state index contributed by atoms with van der Waals surface area (Å²) in [7, 11) is 0. The first-order valence-corrected chi connectivity index (χ1v) is 12.1. The van der Waals surface area contributed by atoms with Crippen LogP contribution in [0.2, 0.25) is 0 Å². The normalized spacial score (nSPS) is 11.4. The highest BCUT2D eigenvalue weighted by Gasteiger charge is 2.24. The van der Waals surface area contributed by atoms with Crippen LogP contribution >= 0.6 is 0 Å². The van der Waals surface area contributed by atoms with Crippen molar-refractivity contribution >= 4 is 34.7 Å². The number of hydrogen-bond donors (Lipinski definition) is 4. The molecule has 0 aliphatic rings. The van der Waals surface area contributed by atoms with Crippen molar-refractivity contribution in [1.82, 2.24) is 25.8 Å². The number of amides is 2. The molecule has 0 radical (unpaired) electrons. The molecule has 11 heteroatoms. The molecule has 11 nitrogen and oxygen atoms in total. The predicted octanol–water partition coefficient (Wildman–Crippen LogP) is 3.03. The third kappa shape index (κ3) is 7.79. The van der Waals surface area contributed by atoms with Gasteiger partial charge >= 0.3 is 12.1 Å². The maximum atomic E-state index is 12.8. The summed E-state index contributed by atoms with van der Waals surface area (Å²) in [4.78, 5) is 42.1. The first-order valence-electron chi connectivity index (χ1n) is 12.1. The summed E-state index contributed by atoms with van der Waals surface area (Å²) in [6.45, 7) is 0.494. The fraction of sp³-hybridized carbons (Fsp3) is 0.222. The van der Waals surface area contributed by atoms with E-state index in [9.17, 15) is 14.4 Å². The lowest BCUT2D eigenvalue weighted by Crippen LogP contribution is -2.49. The van der Waals surface area contributed by atoms with Gasteiger partial charge in [-0.05, 0) is 42.3 Å². The molecule has 0 saturated carbocycles. The van der Waals surface area contributed by atoms with Crippen molar-refractivity contribution in [3.63, 3.8) is 0 Å². The third-order valence-electron chi connectivity index (χ3n) is 5.49. The van der Waals surface area contributed by atoms with E-state index in [2.05, 4.69) is 31.1 Å². The lowest BCUT2D eigenvalue weighted by molar-refractivity contribution is -0.145. The van der Waals surface area contributed by atoms with E-state index in [1.165, 1.54) is 0 Å². The zero-order valence-electron chi connectivity index (χ0n) is 20.6. The minimum atomic E-state index is -1.15. The summed E-state index contributed by atoms with van der Waals surface area (Å²) < 4.78 is 10.6. The van der Waals surface area contributed by atoms with Crippen LogP contribution in [0.4, 0.5) is 10.6 Å². The summed E-state index contributed by atoms with van der Waals surface area (Å²) in [6, 6.07) is 18.6. The number of esters is 1. The number of aromatic nitrogens is 3. The number of aromatic amines is 1. The van der Waals surface area contributed by atoms with E-state index in [1.807, 2.05) is 48.5 Å². The fourth-order valence-electron chi connectivity index (χ4n) is 3.51. The van der Waals surface area contributed by atoms with E-state index in [0.29, 0.717) is 18.5 Å². The van der Waals surface area contributed by atoms with Gasteiger partial charge in [0.05, 0.1) is 18.3 Å². The van der Waals surface area contributed by atoms with Crippen LogP contribution in [0.15, 0.2) is 79.1 Å². The second-order valence-corrected chi connectivity index (χ2v) is 8.30. The average molecular weight is 517 g/mol. The lowest BCUT2D eigenvalue weighted by Gasteiger charge is -2.18. The van der Waals surface area contributed by atoms with E-state index in [4.69, 9.17) is 9.47 Å². The van der Waals surface area contributed by atoms with Crippen molar-refractivity contribution in [2.75, 3.05) is 25.0 Å². The Morgan fingerprint density at radius 2 is 1.82 bits per heavy atom. The Hall–Kier alpha value is -4.93. The number of alkyl carbamates (subject to hydrolysis) is 1. The molecular weight excluding hydrogens is 488 g/mol. The van der Waals surface area contributed by atoms with Gasteiger partial charge in [0.15, 0.2) is 0 Å². The van der Waals surface area contributed by atoms with Crippen molar-refractivity contribution < 1.29 is 23.9 Å². The Morgan fingerprint density at radius 1 is 0.974 bits per heavy atom. The smallest absolute Gasteiger partial charge is 0.408 e. The number of nitrogens with one attached hydrogen (secondary N) is 4. The van der Waals surface area contributed by atoms with E-state index in [-0.39, 0.29) is 19.8 Å². The van der Waals surface area contributed by atoms with Crippen LogP contribution < -0.4 is 16.0 Å². The van der Waals surface area contributed by atoms with Gasteiger partial charge in [-0.25, -0.2) is 14.6 Å². The molecular formula is C27H28N6O5. The summed E-state index contributed by atoms with van der Waals surface area (Å²) in [5.41, 5.74) is 1.98. The van der Waals surface area contributed by atoms with Gasteiger partial charge in [-0.15, -0.1) is 0 Å². The SMILES string of the molecule is O=C(NC(CNC(=O)c1ccc2[nH]ncc2c1)C(=O)OCCCNc1ccccn1)OCc1ccccc1. The van der Waals surface area contributed by atoms with Gasteiger partial charge in [0.2, 0.25) is 0 Å². The Kier molecular flexibility index (Phi) is 9.22. The fourth-order valence-corrected chi connectivity index (χ4v) is 3.51. The molecule has 38 heavy (non-hydrogen) atoms.